The zero-order chi connectivity index (χ0) is 19.7. The molecule has 0 saturated heterocycles. The summed E-state index contributed by atoms with van der Waals surface area (Å²) in [6.07, 6.45) is 3.01. The Morgan fingerprint density at radius 3 is 2.14 bits per heavy atom. The maximum absolute atomic E-state index is 12.9. The Bertz CT molecular complexity index is 1150. The lowest BCUT2D eigenvalue weighted by molar-refractivity contribution is -0.111. The molecule has 0 aromatic heterocycles. The first-order valence-electron chi connectivity index (χ1n) is 8.60. The average Bonchev–Trinajstić information content (AvgIpc) is 2.71. The molecule has 0 unspecified atom stereocenters. The first-order chi connectivity index (χ1) is 13.5. The summed E-state index contributed by atoms with van der Waals surface area (Å²) < 4.78 is 0. The van der Waals surface area contributed by atoms with Gasteiger partial charge in [0, 0.05) is 27.8 Å². The molecule has 3 aromatic rings. The van der Waals surface area contributed by atoms with Crippen molar-refractivity contribution in [3.8, 4) is 0 Å². The molecule has 0 aliphatic heterocycles. The van der Waals surface area contributed by atoms with Crippen LogP contribution in [0.4, 0.5) is 5.69 Å². The quantitative estimate of drug-likeness (QED) is 0.515. The zero-order valence-electron chi connectivity index (χ0n) is 14.6. The molecule has 136 valence electrons. The van der Waals surface area contributed by atoms with Gasteiger partial charge in [0.1, 0.15) is 0 Å². The molecule has 1 N–H and O–H groups in total. The van der Waals surface area contributed by atoms with Crippen molar-refractivity contribution in [2.24, 2.45) is 0 Å². The third-order valence-electron chi connectivity index (χ3n) is 4.51. The van der Waals surface area contributed by atoms with Gasteiger partial charge in [0.15, 0.2) is 11.6 Å². The topological polar surface area (TPSA) is 63.2 Å². The van der Waals surface area contributed by atoms with Crippen molar-refractivity contribution in [1.29, 1.82) is 0 Å². The predicted octanol–water partition coefficient (Wildman–Crippen LogP) is 4.77. The predicted molar refractivity (Wildman–Crippen MR) is 109 cm³/mol. The lowest BCUT2D eigenvalue weighted by Crippen LogP contribution is -2.23. The number of anilines is 1. The fourth-order valence-electron chi connectivity index (χ4n) is 3.17. The molecule has 28 heavy (non-hydrogen) atoms. The molecule has 0 saturated carbocycles. The molecule has 0 bridgehead atoms. The van der Waals surface area contributed by atoms with Crippen molar-refractivity contribution in [2.45, 2.75) is 0 Å². The van der Waals surface area contributed by atoms with Crippen LogP contribution in [0.1, 0.15) is 37.4 Å². The van der Waals surface area contributed by atoms with E-state index in [0.29, 0.717) is 27.4 Å². The highest BCUT2D eigenvalue weighted by Crippen LogP contribution is 2.31. The van der Waals surface area contributed by atoms with Gasteiger partial charge in [0.2, 0.25) is 5.91 Å². The first-order valence-corrected chi connectivity index (χ1v) is 8.98. The highest BCUT2D eigenvalue weighted by molar-refractivity contribution is 6.31. The normalized spacial score (nSPS) is 12.6. The Morgan fingerprint density at radius 2 is 1.43 bits per heavy atom. The fraction of sp³-hybridized carbons (Fsp3) is 0. The molecular weight excluding hydrogens is 374 g/mol. The van der Waals surface area contributed by atoms with Crippen molar-refractivity contribution in [1.82, 2.24) is 0 Å². The van der Waals surface area contributed by atoms with Crippen LogP contribution in [0.25, 0.3) is 6.08 Å². The van der Waals surface area contributed by atoms with Crippen molar-refractivity contribution in [3.05, 3.63) is 106 Å². The molecule has 0 heterocycles. The summed E-state index contributed by atoms with van der Waals surface area (Å²) in [4.78, 5) is 38.0. The lowest BCUT2D eigenvalue weighted by atomic mass is 9.83. The second-order valence-corrected chi connectivity index (χ2v) is 6.74. The number of halogens is 1. The Labute approximate surface area is 166 Å². The van der Waals surface area contributed by atoms with Crippen LogP contribution in [0.15, 0.2) is 72.8 Å². The summed E-state index contributed by atoms with van der Waals surface area (Å²) >= 11 is 5.85. The van der Waals surface area contributed by atoms with Gasteiger partial charge in [0.25, 0.3) is 0 Å². The number of hydrogen-bond donors (Lipinski definition) is 1. The van der Waals surface area contributed by atoms with Crippen LogP contribution < -0.4 is 5.32 Å². The molecule has 1 aliphatic rings. The summed E-state index contributed by atoms with van der Waals surface area (Å²) in [5.74, 6) is -0.900. The summed E-state index contributed by atoms with van der Waals surface area (Å²) in [6.45, 7) is 0. The standard InChI is InChI=1S/C23H14ClNO3/c24-15-11-8-14(9-12-15)10-13-20(26)25-19-7-3-6-18-21(19)23(28)17-5-2-1-4-16(17)22(18)27/h1-13H,(H,25,26)/b13-10+. The van der Waals surface area contributed by atoms with Crippen molar-refractivity contribution >= 4 is 40.8 Å². The Balaban J connectivity index is 1.63. The Morgan fingerprint density at radius 1 is 0.786 bits per heavy atom. The summed E-state index contributed by atoms with van der Waals surface area (Å²) in [6, 6.07) is 18.6. The number of benzene rings is 3. The molecule has 0 atom stereocenters. The molecule has 3 aromatic carbocycles. The molecule has 0 radical (unpaired) electrons. The number of rotatable bonds is 3. The molecule has 0 spiro atoms. The summed E-state index contributed by atoms with van der Waals surface area (Å²) in [5.41, 5.74) is 2.37. The third-order valence-corrected chi connectivity index (χ3v) is 4.76. The van der Waals surface area contributed by atoms with E-state index in [1.165, 1.54) is 6.08 Å². The lowest BCUT2D eigenvalue weighted by Gasteiger charge is -2.20. The smallest absolute Gasteiger partial charge is 0.248 e. The molecule has 0 fully saturated rings. The number of amides is 1. The van der Waals surface area contributed by atoms with E-state index in [2.05, 4.69) is 5.32 Å². The van der Waals surface area contributed by atoms with Crippen molar-refractivity contribution in [2.75, 3.05) is 5.32 Å². The second kappa shape index (κ2) is 7.25. The molecule has 5 heteroatoms. The van der Waals surface area contributed by atoms with E-state index in [1.807, 2.05) is 0 Å². The SMILES string of the molecule is O=C(/C=C/c1ccc(Cl)cc1)Nc1cccc2c1C(=O)c1ccccc1C2=O. The number of hydrogen-bond acceptors (Lipinski definition) is 3. The Hall–Kier alpha value is -3.50. The molecular formula is C23H14ClNO3. The minimum Gasteiger partial charge on any atom is -0.322 e. The maximum Gasteiger partial charge on any atom is 0.248 e. The van der Waals surface area contributed by atoms with Gasteiger partial charge in [0.05, 0.1) is 11.3 Å². The van der Waals surface area contributed by atoms with Crippen molar-refractivity contribution < 1.29 is 14.4 Å². The van der Waals surface area contributed by atoms with Gasteiger partial charge in [-0.15, -0.1) is 0 Å². The number of carbonyl (C=O) groups is 3. The van der Waals surface area contributed by atoms with Crippen LogP contribution in [-0.2, 0) is 4.79 Å². The number of fused-ring (bicyclic) bond motifs is 2. The minimum absolute atomic E-state index is 0.222. The van der Waals surface area contributed by atoms with Gasteiger partial charge in [-0.1, -0.05) is 60.1 Å². The van der Waals surface area contributed by atoms with Crippen LogP contribution in [-0.4, -0.2) is 17.5 Å². The van der Waals surface area contributed by atoms with E-state index >= 15 is 0 Å². The van der Waals surface area contributed by atoms with Gasteiger partial charge in [-0.05, 0) is 29.8 Å². The summed E-state index contributed by atoms with van der Waals surface area (Å²) in [5, 5.41) is 3.32. The van der Waals surface area contributed by atoms with Gasteiger partial charge in [-0.25, -0.2) is 0 Å². The minimum atomic E-state index is -0.401. The second-order valence-electron chi connectivity index (χ2n) is 6.31. The fourth-order valence-corrected chi connectivity index (χ4v) is 3.30. The summed E-state index contributed by atoms with van der Waals surface area (Å²) in [7, 11) is 0. The highest BCUT2D eigenvalue weighted by atomic mass is 35.5. The molecule has 1 aliphatic carbocycles. The van der Waals surface area contributed by atoms with Gasteiger partial charge in [-0.3, -0.25) is 14.4 Å². The van der Waals surface area contributed by atoms with Crippen LogP contribution in [0, 0.1) is 0 Å². The third kappa shape index (κ3) is 3.26. The van der Waals surface area contributed by atoms with Crippen LogP contribution in [0.2, 0.25) is 5.02 Å². The van der Waals surface area contributed by atoms with E-state index in [9.17, 15) is 14.4 Å². The van der Waals surface area contributed by atoms with Gasteiger partial charge in [-0.2, -0.15) is 0 Å². The number of ketones is 2. The van der Waals surface area contributed by atoms with Crippen LogP contribution >= 0.6 is 11.6 Å². The van der Waals surface area contributed by atoms with E-state index in [4.69, 9.17) is 11.6 Å². The molecule has 1 amide bonds. The largest absolute Gasteiger partial charge is 0.322 e. The van der Waals surface area contributed by atoms with E-state index in [1.54, 1.807) is 72.8 Å². The van der Waals surface area contributed by atoms with E-state index in [0.717, 1.165) is 5.56 Å². The van der Waals surface area contributed by atoms with E-state index < -0.39 is 5.91 Å². The van der Waals surface area contributed by atoms with Crippen molar-refractivity contribution in [3.63, 3.8) is 0 Å². The van der Waals surface area contributed by atoms with Gasteiger partial charge >= 0.3 is 0 Å². The van der Waals surface area contributed by atoms with Crippen LogP contribution in [0.5, 0.6) is 0 Å². The molecule has 4 nitrogen and oxygen atoms in total. The number of nitrogens with one attached hydrogen (secondary N) is 1. The van der Waals surface area contributed by atoms with Gasteiger partial charge < -0.3 is 5.32 Å². The number of carbonyl (C=O) groups excluding carboxylic acids is 3. The monoisotopic (exact) mass is 387 g/mol. The zero-order valence-corrected chi connectivity index (χ0v) is 15.4. The first kappa shape index (κ1) is 17.9. The highest BCUT2D eigenvalue weighted by Gasteiger charge is 2.31. The molecule has 4 rings (SSSR count). The average molecular weight is 388 g/mol. The maximum atomic E-state index is 12.9. The van der Waals surface area contributed by atoms with Crippen LogP contribution in [0.3, 0.4) is 0 Å². The van der Waals surface area contributed by atoms with E-state index in [-0.39, 0.29) is 17.1 Å². The Kier molecular flexibility index (Phi) is 4.63.